The summed E-state index contributed by atoms with van der Waals surface area (Å²) in [6.45, 7) is 8.48. The fraction of sp³-hybridized carbons (Fsp3) is 0.381. The number of aromatic nitrogens is 2. The molecule has 0 bridgehead atoms. The van der Waals surface area contributed by atoms with Crippen molar-refractivity contribution in [3.8, 4) is 0 Å². The summed E-state index contributed by atoms with van der Waals surface area (Å²) < 4.78 is 7.84. The number of nitrogens with zero attached hydrogens (tertiary/aromatic N) is 2. The van der Waals surface area contributed by atoms with Crippen LogP contribution in [0, 0.1) is 0 Å². The highest BCUT2D eigenvalue weighted by Crippen LogP contribution is 2.18. The van der Waals surface area contributed by atoms with Gasteiger partial charge in [0.2, 0.25) is 0 Å². The number of aryl methyl sites for hydroxylation is 2. The zero-order valence-electron chi connectivity index (χ0n) is 15.5. The lowest BCUT2D eigenvalue weighted by Crippen LogP contribution is -2.22. The lowest BCUT2D eigenvalue weighted by Gasteiger charge is -2.15. The lowest BCUT2D eigenvalue weighted by molar-refractivity contribution is 0.0817. The zero-order valence-corrected chi connectivity index (χ0v) is 16.5. The van der Waals surface area contributed by atoms with Gasteiger partial charge in [-0.25, -0.2) is 4.68 Å². The molecule has 4 heteroatoms. The Kier molecular flexibility index (Phi) is 5.71. The summed E-state index contributed by atoms with van der Waals surface area (Å²) in [5.41, 5.74) is 3.89. The topological polar surface area (TPSA) is 27.1 Å². The summed E-state index contributed by atoms with van der Waals surface area (Å²) in [5.74, 6) is 0. The zero-order chi connectivity index (χ0) is 17.7. The molecular weight excluding hydrogens is 324 g/mol. The Morgan fingerprint density at radius 1 is 0.960 bits per heavy atom. The van der Waals surface area contributed by atoms with Crippen molar-refractivity contribution in [1.29, 1.82) is 0 Å². The van der Waals surface area contributed by atoms with E-state index in [-0.39, 0.29) is 0 Å². The fourth-order valence-electron chi connectivity index (χ4n) is 2.84. The number of rotatable bonds is 8. The number of hydrogen-bond acceptors (Lipinski definition) is 2. The molecular formula is C21H28N2OSi. The molecule has 0 radical (unpaired) electrons. The normalized spacial score (nSPS) is 12.0. The minimum atomic E-state index is -1.04. The van der Waals surface area contributed by atoms with Crippen molar-refractivity contribution >= 4 is 19.0 Å². The molecule has 0 amide bonds. The molecule has 3 rings (SSSR count). The average Bonchev–Trinajstić information content (AvgIpc) is 2.99. The standard InChI is InChI=1S/C21H28N2OSi/c1-25(2,3)14-13-24-17-23-21-15-19(11-12-20(21)16-22-23)10-9-18-7-5-4-6-8-18/h4-8,11-12,15-16H,9-10,13-14,17H2,1-3H3. The van der Waals surface area contributed by atoms with Crippen LogP contribution in [0.3, 0.4) is 0 Å². The first-order valence-electron chi connectivity index (χ1n) is 9.07. The third-order valence-corrected chi connectivity index (χ3v) is 6.17. The van der Waals surface area contributed by atoms with Gasteiger partial charge in [0.15, 0.2) is 0 Å². The molecule has 0 atom stereocenters. The van der Waals surface area contributed by atoms with Crippen molar-refractivity contribution in [3.05, 3.63) is 65.9 Å². The molecule has 0 aliphatic carbocycles. The molecule has 0 N–H and O–H groups in total. The number of benzene rings is 2. The van der Waals surface area contributed by atoms with Crippen LogP contribution in [0.2, 0.25) is 25.7 Å². The van der Waals surface area contributed by atoms with Crippen LogP contribution in [0.25, 0.3) is 10.9 Å². The van der Waals surface area contributed by atoms with Crippen molar-refractivity contribution in [2.24, 2.45) is 0 Å². The van der Waals surface area contributed by atoms with Crippen molar-refractivity contribution in [2.45, 2.75) is 45.3 Å². The Balaban J connectivity index is 1.63. The summed E-state index contributed by atoms with van der Waals surface area (Å²) in [6, 6.07) is 18.5. The fourth-order valence-corrected chi connectivity index (χ4v) is 3.59. The van der Waals surface area contributed by atoms with E-state index in [2.05, 4.69) is 73.3 Å². The first kappa shape index (κ1) is 17.9. The van der Waals surface area contributed by atoms with Crippen LogP contribution in [0.1, 0.15) is 11.1 Å². The van der Waals surface area contributed by atoms with Gasteiger partial charge >= 0.3 is 0 Å². The van der Waals surface area contributed by atoms with Crippen LogP contribution >= 0.6 is 0 Å². The smallest absolute Gasteiger partial charge is 0.139 e. The SMILES string of the molecule is C[Si](C)(C)CCOCn1ncc2ccc(CCc3ccccc3)cc21. The second kappa shape index (κ2) is 7.98. The molecule has 0 unspecified atom stereocenters. The van der Waals surface area contributed by atoms with Gasteiger partial charge in [-0.05, 0) is 36.1 Å². The summed E-state index contributed by atoms with van der Waals surface area (Å²) in [4.78, 5) is 0. The highest BCUT2D eigenvalue weighted by molar-refractivity contribution is 6.76. The molecule has 0 fully saturated rings. The second-order valence-corrected chi connectivity index (χ2v) is 13.5. The first-order chi connectivity index (χ1) is 12.0. The van der Waals surface area contributed by atoms with E-state index in [9.17, 15) is 0 Å². The van der Waals surface area contributed by atoms with Gasteiger partial charge in [0.1, 0.15) is 6.73 Å². The maximum atomic E-state index is 5.87. The van der Waals surface area contributed by atoms with Crippen LogP contribution in [-0.4, -0.2) is 24.5 Å². The van der Waals surface area contributed by atoms with E-state index >= 15 is 0 Å². The van der Waals surface area contributed by atoms with Gasteiger partial charge in [0.25, 0.3) is 0 Å². The molecule has 3 aromatic rings. The van der Waals surface area contributed by atoms with E-state index in [1.807, 2.05) is 10.9 Å². The van der Waals surface area contributed by atoms with E-state index in [1.165, 1.54) is 28.1 Å². The van der Waals surface area contributed by atoms with Gasteiger partial charge in [0.05, 0.1) is 11.7 Å². The Morgan fingerprint density at radius 2 is 1.72 bits per heavy atom. The van der Waals surface area contributed by atoms with Crippen molar-refractivity contribution in [2.75, 3.05) is 6.61 Å². The molecule has 0 saturated carbocycles. The van der Waals surface area contributed by atoms with Crippen molar-refractivity contribution in [1.82, 2.24) is 9.78 Å². The average molecular weight is 353 g/mol. The predicted octanol–water partition coefficient (Wildman–Crippen LogP) is 5.13. The van der Waals surface area contributed by atoms with Gasteiger partial charge in [0, 0.05) is 20.1 Å². The van der Waals surface area contributed by atoms with Crippen LogP contribution in [-0.2, 0) is 24.3 Å². The molecule has 25 heavy (non-hydrogen) atoms. The third-order valence-electron chi connectivity index (χ3n) is 4.46. The Hall–Kier alpha value is -1.91. The lowest BCUT2D eigenvalue weighted by atomic mass is 10.0. The van der Waals surface area contributed by atoms with Crippen LogP contribution in [0.15, 0.2) is 54.7 Å². The van der Waals surface area contributed by atoms with Gasteiger partial charge in [-0.3, -0.25) is 0 Å². The maximum absolute atomic E-state index is 5.87. The Bertz CT molecular complexity index is 806. The molecule has 132 valence electrons. The van der Waals surface area contributed by atoms with E-state index in [0.29, 0.717) is 6.73 Å². The van der Waals surface area contributed by atoms with E-state index < -0.39 is 8.07 Å². The highest BCUT2D eigenvalue weighted by Gasteiger charge is 2.12. The third kappa shape index (κ3) is 5.28. The second-order valence-electron chi connectivity index (χ2n) is 7.87. The minimum absolute atomic E-state index is 0.538. The van der Waals surface area contributed by atoms with Gasteiger partial charge in [-0.2, -0.15) is 5.10 Å². The molecule has 0 spiro atoms. The molecule has 0 saturated heterocycles. The van der Waals surface area contributed by atoms with Gasteiger partial charge < -0.3 is 4.74 Å². The predicted molar refractivity (Wildman–Crippen MR) is 108 cm³/mol. The van der Waals surface area contributed by atoms with Crippen LogP contribution in [0.5, 0.6) is 0 Å². The first-order valence-corrected chi connectivity index (χ1v) is 12.8. The number of hydrogen-bond donors (Lipinski definition) is 0. The quantitative estimate of drug-likeness (QED) is 0.415. The largest absolute Gasteiger partial charge is 0.360 e. The Morgan fingerprint density at radius 3 is 2.48 bits per heavy atom. The number of ether oxygens (including phenoxy) is 1. The van der Waals surface area contributed by atoms with Crippen molar-refractivity contribution in [3.63, 3.8) is 0 Å². The van der Waals surface area contributed by atoms with Crippen molar-refractivity contribution < 1.29 is 4.74 Å². The summed E-state index contributed by atoms with van der Waals surface area (Å²) in [7, 11) is -1.04. The monoisotopic (exact) mass is 352 g/mol. The number of fused-ring (bicyclic) bond motifs is 1. The summed E-state index contributed by atoms with van der Waals surface area (Å²) >= 11 is 0. The molecule has 1 heterocycles. The van der Waals surface area contributed by atoms with Gasteiger partial charge in [-0.15, -0.1) is 0 Å². The molecule has 2 aromatic carbocycles. The van der Waals surface area contributed by atoms with E-state index in [0.717, 1.165) is 19.4 Å². The summed E-state index contributed by atoms with van der Waals surface area (Å²) in [6.07, 6.45) is 4.03. The van der Waals surface area contributed by atoms with Crippen LogP contribution in [0.4, 0.5) is 0 Å². The minimum Gasteiger partial charge on any atom is -0.360 e. The molecule has 3 nitrogen and oxygen atoms in total. The summed E-state index contributed by atoms with van der Waals surface area (Å²) in [5, 5.41) is 5.67. The Labute approximate surface area is 151 Å². The highest BCUT2D eigenvalue weighted by atomic mass is 28.3. The molecule has 0 aliphatic heterocycles. The van der Waals surface area contributed by atoms with E-state index in [4.69, 9.17) is 4.74 Å². The molecule has 1 aromatic heterocycles. The molecule has 0 aliphatic rings. The van der Waals surface area contributed by atoms with E-state index in [1.54, 1.807) is 0 Å². The maximum Gasteiger partial charge on any atom is 0.139 e. The van der Waals surface area contributed by atoms with Gasteiger partial charge in [-0.1, -0.05) is 62.1 Å². The van der Waals surface area contributed by atoms with Crippen LogP contribution < -0.4 is 0 Å².